The van der Waals surface area contributed by atoms with Crippen LogP contribution in [0, 0.1) is 0 Å². The van der Waals surface area contributed by atoms with Gasteiger partial charge in [-0.15, -0.1) is 0 Å². The summed E-state index contributed by atoms with van der Waals surface area (Å²) in [5, 5.41) is 3.72. The summed E-state index contributed by atoms with van der Waals surface area (Å²) >= 11 is 0. The Kier molecular flexibility index (Phi) is 2.09. The Labute approximate surface area is 75.2 Å². The molecule has 0 saturated heterocycles. The SMILES string of the molecule is NCc1cccn1Cc1ncon1. The molecule has 13 heavy (non-hydrogen) atoms. The largest absolute Gasteiger partial charge is 0.343 e. The molecule has 5 nitrogen and oxygen atoms in total. The van der Waals surface area contributed by atoms with E-state index in [0.717, 1.165) is 5.69 Å². The summed E-state index contributed by atoms with van der Waals surface area (Å²) in [6.07, 6.45) is 3.26. The van der Waals surface area contributed by atoms with Gasteiger partial charge in [0.1, 0.15) is 0 Å². The van der Waals surface area contributed by atoms with Gasteiger partial charge >= 0.3 is 0 Å². The van der Waals surface area contributed by atoms with Gasteiger partial charge < -0.3 is 14.8 Å². The van der Waals surface area contributed by atoms with E-state index in [2.05, 4.69) is 14.7 Å². The van der Waals surface area contributed by atoms with Gasteiger partial charge in [0.15, 0.2) is 5.82 Å². The molecule has 0 atom stereocenters. The summed E-state index contributed by atoms with van der Waals surface area (Å²) in [5.74, 6) is 0.658. The molecule has 68 valence electrons. The second-order valence-corrected chi connectivity index (χ2v) is 2.68. The fraction of sp³-hybridized carbons (Fsp3) is 0.250. The van der Waals surface area contributed by atoms with Gasteiger partial charge in [0, 0.05) is 18.4 Å². The smallest absolute Gasteiger partial charge is 0.213 e. The maximum Gasteiger partial charge on any atom is 0.213 e. The lowest BCUT2D eigenvalue weighted by atomic mass is 10.4. The molecule has 2 heterocycles. The van der Waals surface area contributed by atoms with Crippen LogP contribution in [0.15, 0.2) is 29.2 Å². The normalized spacial score (nSPS) is 10.5. The van der Waals surface area contributed by atoms with Crippen molar-refractivity contribution >= 4 is 0 Å². The van der Waals surface area contributed by atoms with Crippen LogP contribution in [0.25, 0.3) is 0 Å². The maximum atomic E-state index is 5.54. The maximum absolute atomic E-state index is 5.54. The van der Waals surface area contributed by atoms with Gasteiger partial charge in [-0.2, -0.15) is 4.98 Å². The predicted octanol–water partition coefficient (Wildman–Crippen LogP) is 0.378. The average Bonchev–Trinajstić information content (AvgIpc) is 2.76. The highest BCUT2D eigenvalue weighted by Gasteiger charge is 2.02. The molecule has 2 aromatic rings. The highest BCUT2D eigenvalue weighted by atomic mass is 16.5. The summed E-state index contributed by atoms with van der Waals surface area (Å²) in [6.45, 7) is 1.13. The molecule has 0 aliphatic heterocycles. The molecular weight excluding hydrogens is 168 g/mol. The molecule has 0 aliphatic carbocycles. The first-order valence-corrected chi connectivity index (χ1v) is 3.99. The zero-order valence-corrected chi connectivity index (χ0v) is 7.05. The van der Waals surface area contributed by atoms with Crippen LogP contribution in [0.4, 0.5) is 0 Å². The van der Waals surface area contributed by atoms with Crippen LogP contribution in [0.5, 0.6) is 0 Å². The van der Waals surface area contributed by atoms with Crippen molar-refractivity contribution in [2.45, 2.75) is 13.1 Å². The third kappa shape index (κ3) is 1.59. The minimum Gasteiger partial charge on any atom is -0.343 e. The molecule has 0 unspecified atom stereocenters. The lowest BCUT2D eigenvalue weighted by Crippen LogP contribution is -2.08. The van der Waals surface area contributed by atoms with Crippen LogP contribution in [0.3, 0.4) is 0 Å². The second-order valence-electron chi connectivity index (χ2n) is 2.68. The summed E-state index contributed by atoms with van der Waals surface area (Å²) < 4.78 is 6.62. The highest BCUT2D eigenvalue weighted by Crippen LogP contribution is 2.03. The van der Waals surface area contributed by atoms with Crippen molar-refractivity contribution in [3.63, 3.8) is 0 Å². The molecule has 0 aromatic carbocycles. The summed E-state index contributed by atoms with van der Waals surface area (Å²) in [4.78, 5) is 3.93. The van der Waals surface area contributed by atoms with Gasteiger partial charge in [0.05, 0.1) is 6.54 Å². The molecule has 0 saturated carbocycles. The molecule has 2 aromatic heterocycles. The Morgan fingerprint density at radius 1 is 1.54 bits per heavy atom. The number of hydrogen-bond donors (Lipinski definition) is 1. The number of aromatic nitrogens is 3. The number of nitrogens with zero attached hydrogens (tertiary/aromatic N) is 3. The van der Waals surface area contributed by atoms with Crippen LogP contribution in [-0.2, 0) is 13.1 Å². The standard InChI is InChI=1S/C8H10N4O/c9-4-7-2-1-3-12(7)5-8-10-6-13-11-8/h1-3,6H,4-5,9H2. The van der Waals surface area contributed by atoms with Crippen molar-refractivity contribution < 1.29 is 4.52 Å². The summed E-state index contributed by atoms with van der Waals surface area (Å²) in [5.41, 5.74) is 6.60. The quantitative estimate of drug-likeness (QED) is 0.737. The monoisotopic (exact) mass is 178 g/mol. The third-order valence-electron chi connectivity index (χ3n) is 1.85. The van der Waals surface area contributed by atoms with Crippen molar-refractivity contribution in [1.82, 2.24) is 14.7 Å². The lowest BCUT2D eigenvalue weighted by molar-refractivity contribution is 0.408. The average molecular weight is 178 g/mol. The van der Waals surface area contributed by atoms with Crippen LogP contribution in [0.1, 0.15) is 11.5 Å². The van der Waals surface area contributed by atoms with Crippen LogP contribution in [0.2, 0.25) is 0 Å². The topological polar surface area (TPSA) is 69.9 Å². The molecule has 0 amide bonds. The Balaban J connectivity index is 2.18. The van der Waals surface area contributed by atoms with Crippen molar-refractivity contribution in [1.29, 1.82) is 0 Å². The number of nitrogens with two attached hydrogens (primary N) is 1. The van der Waals surface area contributed by atoms with Gasteiger partial charge in [-0.05, 0) is 12.1 Å². The predicted molar refractivity (Wildman–Crippen MR) is 45.7 cm³/mol. The van der Waals surface area contributed by atoms with E-state index in [-0.39, 0.29) is 0 Å². The van der Waals surface area contributed by atoms with E-state index in [1.807, 2.05) is 22.9 Å². The van der Waals surface area contributed by atoms with Crippen molar-refractivity contribution in [3.8, 4) is 0 Å². The van der Waals surface area contributed by atoms with E-state index in [9.17, 15) is 0 Å². The van der Waals surface area contributed by atoms with E-state index in [1.54, 1.807) is 0 Å². The molecule has 5 heteroatoms. The number of rotatable bonds is 3. The van der Waals surface area contributed by atoms with Gasteiger partial charge in [0.2, 0.25) is 6.39 Å². The number of hydrogen-bond acceptors (Lipinski definition) is 4. The zero-order chi connectivity index (χ0) is 9.10. The molecule has 0 spiro atoms. The Bertz CT molecular complexity index is 365. The van der Waals surface area contributed by atoms with E-state index >= 15 is 0 Å². The molecular formula is C8H10N4O. The van der Waals surface area contributed by atoms with Crippen molar-refractivity contribution in [2.75, 3.05) is 0 Å². The van der Waals surface area contributed by atoms with Crippen LogP contribution < -0.4 is 5.73 Å². The highest BCUT2D eigenvalue weighted by molar-refractivity contribution is 5.07. The fourth-order valence-corrected chi connectivity index (χ4v) is 1.20. The van der Waals surface area contributed by atoms with E-state index in [0.29, 0.717) is 18.9 Å². The minimum atomic E-state index is 0.519. The molecule has 2 N–H and O–H groups in total. The fourth-order valence-electron chi connectivity index (χ4n) is 1.20. The van der Waals surface area contributed by atoms with Crippen LogP contribution in [-0.4, -0.2) is 14.7 Å². The molecule has 0 radical (unpaired) electrons. The van der Waals surface area contributed by atoms with E-state index < -0.39 is 0 Å². The molecule has 0 aliphatic rings. The second kappa shape index (κ2) is 3.40. The first kappa shape index (κ1) is 8.00. The Morgan fingerprint density at radius 3 is 3.15 bits per heavy atom. The van der Waals surface area contributed by atoms with E-state index in [4.69, 9.17) is 5.73 Å². The Hall–Kier alpha value is -1.62. The summed E-state index contributed by atoms with van der Waals surface area (Å²) in [6, 6.07) is 3.92. The zero-order valence-electron chi connectivity index (χ0n) is 7.05. The van der Waals surface area contributed by atoms with Gasteiger partial charge in [0.25, 0.3) is 0 Å². The van der Waals surface area contributed by atoms with Crippen molar-refractivity contribution in [2.24, 2.45) is 5.73 Å². The van der Waals surface area contributed by atoms with Crippen LogP contribution >= 0.6 is 0 Å². The third-order valence-corrected chi connectivity index (χ3v) is 1.85. The minimum absolute atomic E-state index is 0.519. The first-order valence-electron chi connectivity index (χ1n) is 3.99. The Morgan fingerprint density at radius 2 is 2.46 bits per heavy atom. The van der Waals surface area contributed by atoms with Crippen molar-refractivity contribution in [3.05, 3.63) is 36.2 Å². The first-order chi connectivity index (χ1) is 6.40. The van der Waals surface area contributed by atoms with Gasteiger partial charge in [-0.3, -0.25) is 0 Å². The van der Waals surface area contributed by atoms with Gasteiger partial charge in [-0.1, -0.05) is 5.16 Å². The molecule has 0 fully saturated rings. The molecule has 0 bridgehead atoms. The molecule has 2 rings (SSSR count). The van der Waals surface area contributed by atoms with E-state index in [1.165, 1.54) is 6.39 Å². The summed E-state index contributed by atoms with van der Waals surface area (Å²) in [7, 11) is 0. The lowest BCUT2D eigenvalue weighted by Gasteiger charge is -2.03. The van der Waals surface area contributed by atoms with Gasteiger partial charge in [-0.25, -0.2) is 0 Å².